The van der Waals surface area contributed by atoms with Crippen LogP contribution >= 0.6 is 22.7 Å². The predicted molar refractivity (Wildman–Crippen MR) is 217 cm³/mol. The van der Waals surface area contributed by atoms with Gasteiger partial charge in [-0.15, -0.1) is 22.7 Å². The molecule has 50 heavy (non-hydrogen) atoms. The maximum absolute atomic E-state index is 6.24. The zero-order chi connectivity index (χ0) is 32.8. The molecule has 0 saturated heterocycles. The SMILES string of the molecule is c1ccc(-c2ccc(N(c3ccc4oc5ccccc5c4c3)c3ccc4sc5ccc6sc7c8ccccc8ccc7c6c5c4c3)cc2)cc1. The minimum Gasteiger partial charge on any atom is -0.456 e. The van der Waals surface area contributed by atoms with Crippen molar-refractivity contribution in [3.63, 3.8) is 0 Å². The lowest BCUT2D eigenvalue weighted by molar-refractivity contribution is 0.669. The number of rotatable bonds is 4. The van der Waals surface area contributed by atoms with Crippen LogP contribution in [-0.4, -0.2) is 0 Å². The molecule has 234 valence electrons. The third-order valence-corrected chi connectivity index (χ3v) is 12.4. The second kappa shape index (κ2) is 10.8. The predicted octanol–water partition coefficient (Wildman–Crippen LogP) is 14.6. The maximum Gasteiger partial charge on any atom is 0.135 e. The summed E-state index contributed by atoms with van der Waals surface area (Å²) in [5.41, 5.74) is 7.53. The fourth-order valence-corrected chi connectivity index (χ4v) is 10.1. The molecule has 0 N–H and O–H groups in total. The van der Waals surface area contributed by atoms with Gasteiger partial charge in [0, 0.05) is 68.2 Å². The molecule has 0 aliphatic carbocycles. The third-order valence-electron chi connectivity index (χ3n) is 10.1. The Balaban J connectivity index is 1.15. The third kappa shape index (κ3) is 4.19. The van der Waals surface area contributed by atoms with E-state index in [1.807, 2.05) is 34.8 Å². The van der Waals surface area contributed by atoms with Gasteiger partial charge in [-0.25, -0.2) is 0 Å². The van der Waals surface area contributed by atoms with E-state index in [1.54, 1.807) is 0 Å². The van der Waals surface area contributed by atoms with Gasteiger partial charge >= 0.3 is 0 Å². The number of anilines is 3. The highest BCUT2D eigenvalue weighted by molar-refractivity contribution is 7.28. The summed E-state index contributed by atoms with van der Waals surface area (Å²) >= 11 is 3.79. The Kier molecular flexibility index (Phi) is 6.03. The summed E-state index contributed by atoms with van der Waals surface area (Å²) in [6.45, 7) is 0. The number of fused-ring (bicyclic) bond motifs is 12. The normalized spacial score (nSPS) is 12.0. The minimum atomic E-state index is 0.896. The average molecular weight is 674 g/mol. The fourth-order valence-electron chi connectivity index (χ4n) is 7.72. The highest BCUT2D eigenvalue weighted by atomic mass is 32.1. The van der Waals surface area contributed by atoms with Crippen LogP contribution in [0.3, 0.4) is 0 Å². The zero-order valence-corrected chi connectivity index (χ0v) is 28.4. The van der Waals surface area contributed by atoms with Crippen LogP contribution in [0.5, 0.6) is 0 Å². The molecule has 3 heterocycles. The molecule has 0 aliphatic heterocycles. The molecular weight excluding hydrogens is 647 g/mol. The van der Waals surface area contributed by atoms with Crippen molar-refractivity contribution in [3.8, 4) is 11.1 Å². The lowest BCUT2D eigenvalue weighted by Gasteiger charge is -2.26. The van der Waals surface area contributed by atoms with Gasteiger partial charge in [0.25, 0.3) is 0 Å². The Morgan fingerprint density at radius 1 is 0.380 bits per heavy atom. The van der Waals surface area contributed by atoms with Crippen LogP contribution in [0, 0.1) is 0 Å². The molecule has 11 rings (SSSR count). The fraction of sp³-hybridized carbons (Fsp3) is 0. The molecule has 0 aliphatic rings. The van der Waals surface area contributed by atoms with Crippen molar-refractivity contribution < 1.29 is 4.42 Å². The van der Waals surface area contributed by atoms with Crippen LogP contribution in [0.25, 0.3) is 84.2 Å². The van der Waals surface area contributed by atoms with Crippen molar-refractivity contribution in [2.45, 2.75) is 0 Å². The summed E-state index contributed by atoms with van der Waals surface area (Å²) in [5, 5.41) is 10.2. The number of benzene rings is 8. The van der Waals surface area contributed by atoms with Gasteiger partial charge in [-0.3, -0.25) is 0 Å². The molecule has 0 spiro atoms. The summed E-state index contributed by atoms with van der Waals surface area (Å²) in [7, 11) is 0. The van der Waals surface area contributed by atoms with Crippen molar-refractivity contribution >= 4 is 113 Å². The van der Waals surface area contributed by atoms with E-state index in [0.29, 0.717) is 0 Å². The topological polar surface area (TPSA) is 16.4 Å². The molecule has 0 unspecified atom stereocenters. The van der Waals surface area contributed by atoms with Crippen molar-refractivity contribution in [2.75, 3.05) is 4.90 Å². The van der Waals surface area contributed by atoms with Crippen molar-refractivity contribution in [2.24, 2.45) is 0 Å². The monoisotopic (exact) mass is 673 g/mol. The molecule has 11 aromatic rings. The molecule has 2 nitrogen and oxygen atoms in total. The van der Waals surface area contributed by atoms with Crippen LogP contribution in [0.1, 0.15) is 0 Å². The van der Waals surface area contributed by atoms with Gasteiger partial charge in [0.15, 0.2) is 0 Å². The Morgan fingerprint density at radius 2 is 1.00 bits per heavy atom. The molecule has 0 atom stereocenters. The summed E-state index contributed by atoms with van der Waals surface area (Å²) in [6, 6.07) is 59.4. The van der Waals surface area contributed by atoms with Gasteiger partial charge in [0.1, 0.15) is 11.2 Å². The van der Waals surface area contributed by atoms with E-state index < -0.39 is 0 Å². The first-order valence-electron chi connectivity index (χ1n) is 16.8. The number of hydrogen-bond donors (Lipinski definition) is 0. The van der Waals surface area contributed by atoms with Gasteiger partial charge in [-0.2, -0.15) is 0 Å². The maximum atomic E-state index is 6.24. The van der Waals surface area contributed by atoms with E-state index in [2.05, 4.69) is 157 Å². The standard InChI is InChI=1S/C46H27NOS2/c1-2-8-28(9-3-1)29-14-17-31(18-15-29)47(32-19-22-40-37(26-32)35-12-6-7-13-39(35)48-40)33-20-23-41-38(27-33)45-42(49-41)24-25-43-44(45)36-21-16-30-10-4-5-11-34(30)46(36)50-43/h1-27H. The lowest BCUT2D eigenvalue weighted by atomic mass is 10.0. The highest BCUT2D eigenvalue weighted by Crippen LogP contribution is 2.48. The molecule has 0 radical (unpaired) electrons. The molecule has 0 amide bonds. The Morgan fingerprint density at radius 3 is 1.86 bits per heavy atom. The number of nitrogens with zero attached hydrogens (tertiary/aromatic N) is 1. The summed E-state index contributed by atoms with van der Waals surface area (Å²) < 4.78 is 11.6. The van der Waals surface area contributed by atoms with E-state index in [-0.39, 0.29) is 0 Å². The first-order valence-corrected chi connectivity index (χ1v) is 18.5. The lowest BCUT2D eigenvalue weighted by Crippen LogP contribution is -2.09. The second-order valence-corrected chi connectivity index (χ2v) is 15.0. The zero-order valence-electron chi connectivity index (χ0n) is 26.8. The van der Waals surface area contributed by atoms with Gasteiger partial charge in [0.05, 0.1) is 0 Å². The van der Waals surface area contributed by atoms with Crippen LogP contribution in [-0.2, 0) is 0 Å². The molecule has 3 aromatic heterocycles. The highest BCUT2D eigenvalue weighted by Gasteiger charge is 2.19. The Labute approximate surface area is 295 Å². The summed E-state index contributed by atoms with van der Waals surface area (Å²) in [4.78, 5) is 2.39. The number of para-hydroxylation sites is 1. The van der Waals surface area contributed by atoms with E-state index in [1.165, 1.54) is 62.2 Å². The molecular formula is C46H27NOS2. The summed E-state index contributed by atoms with van der Waals surface area (Å²) in [5.74, 6) is 0. The van der Waals surface area contributed by atoms with Gasteiger partial charge in [-0.1, -0.05) is 97.1 Å². The smallest absolute Gasteiger partial charge is 0.135 e. The van der Waals surface area contributed by atoms with E-state index in [0.717, 1.165) is 39.0 Å². The number of hydrogen-bond acceptors (Lipinski definition) is 4. The van der Waals surface area contributed by atoms with Crippen LogP contribution in [0.15, 0.2) is 168 Å². The molecule has 0 bridgehead atoms. The van der Waals surface area contributed by atoms with Crippen LogP contribution < -0.4 is 4.90 Å². The Hall–Kier alpha value is -5.94. The Bertz CT molecular complexity index is 3090. The van der Waals surface area contributed by atoms with Crippen molar-refractivity contribution in [1.82, 2.24) is 0 Å². The van der Waals surface area contributed by atoms with E-state index in [4.69, 9.17) is 4.42 Å². The average Bonchev–Trinajstić information content (AvgIpc) is 3.86. The van der Waals surface area contributed by atoms with Crippen LogP contribution in [0.4, 0.5) is 17.1 Å². The molecule has 0 fully saturated rings. The largest absolute Gasteiger partial charge is 0.456 e. The van der Waals surface area contributed by atoms with Gasteiger partial charge in [-0.05, 0) is 88.6 Å². The quantitative estimate of drug-likeness (QED) is 0.185. The van der Waals surface area contributed by atoms with Crippen LogP contribution in [0.2, 0.25) is 0 Å². The molecule has 0 saturated carbocycles. The van der Waals surface area contributed by atoms with Gasteiger partial charge < -0.3 is 9.32 Å². The van der Waals surface area contributed by atoms with Gasteiger partial charge in [0.2, 0.25) is 0 Å². The van der Waals surface area contributed by atoms with E-state index in [9.17, 15) is 0 Å². The minimum absolute atomic E-state index is 0.896. The number of furan rings is 1. The van der Waals surface area contributed by atoms with Crippen molar-refractivity contribution in [3.05, 3.63) is 164 Å². The van der Waals surface area contributed by atoms with Crippen molar-refractivity contribution in [1.29, 1.82) is 0 Å². The molecule has 8 aromatic carbocycles. The second-order valence-electron chi connectivity index (χ2n) is 12.9. The number of thiophene rings is 2. The first-order chi connectivity index (χ1) is 24.8. The van der Waals surface area contributed by atoms with E-state index >= 15 is 0 Å². The molecule has 4 heteroatoms. The first kappa shape index (κ1) is 28.0. The summed E-state index contributed by atoms with van der Waals surface area (Å²) in [6.07, 6.45) is 0.